The number of fused-ring (bicyclic) bond motifs is 4. The molecule has 1 aromatic carbocycles. The van der Waals surface area contributed by atoms with E-state index in [1.807, 2.05) is 39.2 Å². The number of alkyl carbamates (subject to hydrolysis) is 1. The average Bonchev–Trinajstić information content (AvgIpc) is 3.57. The van der Waals surface area contributed by atoms with Crippen LogP contribution < -0.4 is 20.7 Å². The van der Waals surface area contributed by atoms with Gasteiger partial charge in [0.15, 0.2) is 0 Å². The molecule has 9 nitrogen and oxygen atoms in total. The topological polar surface area (TPSA) is 102 Å². The third kappa shape index (κ3) is 5.14. The van der Waals surface area contributed by atoms with Crippen molar-refractivity contribution in [2.24, 2.45) is 5.92 Å². The number of rotatable bonds is 5. The second-order valence-corrected chi connectivity index (χ2v) is 14.5. The number of hydrogen-bond donors (Lipinski definition) is 3. The first-order valence-corrected chi connectivity index (χ1v) is 16.4. The lowest BCUT2D eigenvalue weighted by Gasteiger charge is -2.43. The van der Waals surface area contributed by atoms with E-state index in [0.717, 1.165) is 70.2 Å². The van der Waals surface area contributed by atoms with Gasteiger partial charge in [0, 0.05) is 16.8 Å². The molecule has 0 spiro atoms. The lowest BCUT2D eigenvalue weighted by atomic mass is 9.71. The maximum atomic E-state index is 12.8. The highest BCUT2D eigenvalue weighted by atomic mass is 32.1. The monoisotopic (exact) mass is 624 g/mol. The number of hydrogen-bond acceptors (Lipinski definition) is 8. The van der Waals surface area contributed by atoms with Crippen LogP contribution in [-0.2, 0) is 10.3 Å². The van der Waals surface area contributed by atoms with Gasteiger partial charge >= 0.3 is 6.09 Å². The van der Waals surface area contributed by atoms with Crippen LogP contribution in [0.4, 0.5) is 4.79 Å². The molecule has 3 N–H and O–H groups in total. The standard InChI is InChI=1S/C35H40N6O3S/c1-21-10-15-24-25(19-21)39-34(5)27(9-7-18-37-34)41-29(28(38-30(24)41)26-20-36-32(43-6)45-26)22-11-13-23(14-12-22)35(16-8-17-35)40-31(42)44-33(2,3)4/h7,9-15,18,20-21,37,39H,8,16-17,19H2,1-6H3,(H,40,42). The zero-order valence-corrected chi connectivity index (χ0v) is 27.5. The van der Waals surface area contributed by atoms with Gasteiger partial charge in [0.1, 0.15) is 22.8 Å². The molecule has 7 rings (SSSR count). The number of carbonyl (C=O) groups excluding carboxylic acids is 1. The molecule has 1 amide bonds. The van der Waals surface area contributed by atoms with E-state index in [0.29, 0.717) is 11.1 Å². The number of nitrogens with zero attached hydrogens (tertiary/aromatic N) is 3. The Morgan fingerprint density at radius 3 is 2.64 bits per heavy atom. The van der Waals surface area contributed by atoms with Crippen LogP contribution in [0, 0.1) is 5.92 Å². The van der Waals surface area contributed by atoms with Gasteiger partial charge in [0.05, 0.1) is 35.1 Å². The Labute approximate surface area is 268 Å². The molecule has 4 aliphatic rings. The fourth-order valence-electron chi connectivity index (χ4n) is 6.68. The Morgan fingerprint density at radius 1 is 1.20 bits per heavy atom. The quantitative estimate of drug-likeness (QED) is 0.277. The fourth-order valence-corrected chi connectivity index (χ4v) is 7.40. The summed E-state index contributed by atoms with van der Waals surface area (Å²) >= 11 is 1.48. The highest BCUT2D eigenvalue weighted by Gasteiger charge is 2.42. The van der Waals surface area contributed by atoms with E-state index in [4.69, 9.17) is 14.5 Å². The van der Waals surface area contributed by atoms with E-state index in [1.165, 1.54) is 17.0 Å². The van der Waals surface area contributed by atoms with Gasteiger partial charge < -0.3 is 25.4 Å². The van der Waals surface area contributed by atoms with E-state index >= 15 is 0 Å². The third-order valence-electron chi connectivity index (χ3n) is 8.99. The molecule has 0 bridgehead atoms. The maximum absolute atomic E-state index is 12.8. The zero-order chi connectivity index (χ0) is 31.6. The lowest BCUT2D eigenvalue weighted by molar-refractivity contribution is 0.0377. The van der Waals surface area contributed by atoms with Crippen LogP contribution in [0.25, 0.3) is 33.1 Å². The largest absolute Gasteiger partial charge is 0.473 e. The number of aromatic nitrogens is 3. The molecule has 10 heteroatoms. The predicted octanol–water partition coefficient (Wildman–Crippen LogP) is 7.17. The van der Waals surface area contributed by atoms with Gasteiger partial charge in [-0.05, 0) is 83.2 Å². The zero-order valence-electron chi connectivity index (χ0n) is 26.7. The Morgan fingerprint density at radius 2 is 1.98 bits per heavy atom. The van der Waals surface area contributed by atoms with Crippen LogP contribution in [0.2, 0.25) is 0 Å². The lowest BCUT2D eigenvalue weighted by Crippen LogP contribution is -2.54. The Hall–Kier alpha value is -4.31. The molecule has 3 aromatic rings. The molecule has 4 heterocycles. The van der Waals surface area contributed by atoms with Gasteiger partial charge in [-0.15, -0.1) is 0 Å². The summed E-state index contributed by atoms with van der Waals surface area (Å²) in [6.07, 6.45) is 15.8. The van der Waals surface area contributed by atoms with Gasteiger partial charge in [-0.25, -0.2) is 14.8 Å². The van der Waals surface area contributed by atoms with Crippen molar-refractivity contribution in [3.63, 3.8) is 0 Å². The van der Waals surface area contributed by atoms with E-state index in [2.05, 4.69) is 81.8 Å². The second kappa shape index (κ2) is 10.7. The van der Waals surface area contributed by atoms with Crippen molar-refractivity contribution < 1.29 is 14.3 Å². The minimum Gasteiger partial charge on any atom is -0.473 e. The van der Waals surface area contributed by atoms with Crippen LogP contribution in [0.1, 0.15) is 71.7 Å². The van der Waals surface area contributed by atoms with Gasteiger partial charge in [0.2, 0.25) is 0 Å². The number of carbonyl (C=O) groups is 1. The molecular formula is C35H40N6O3S. The van der Waals surface area contributed by atoms with Crippen molar-refractivity contribution in [2.75, 3.05) is 7.11 Å². The van der Waals surface area contributed by atoms with Crippen LogP contribution in [-0.4, -0.2) is 39.0 Å². The molecule has 2 atom stereocenters. The molecule has 2 unspecified atom stereocenters. The van der Waals surface area contributed by atoms with Crippen LogP contribution >= 0.6 is 11.3 Å². The summed E-state index contributed by atoms with van der Waals surface area (Å²) in [4.78, 5) is 23.6. The summed E-state index contributed by atoms with van der Waals surface area (Å²) < 4.78 is 13.4. The van der Waals surface area contributed by atoms with E-state index in [1.54, 1.807) is 7.11 Å². The molecule has 45 heavy (non-hydrogen) atoms. The maximum Gasteiger partial charge on any atom is 0.408 e. The highest BCUT2D eigenvalue weighted by Crippen LogP contribution is 2.47. The molecule has 2 aromatic heterocycles. The number of nitrogens with one attached hydrogen (secondary N) is 3. The third-order valence-corrected chi connectivity index (χ3v) is 9.95. The van der Waals surface area contributed by atoms with Gasteiger partial charge in [-0.3, -0.25) is 4.57 Å². The normalized spacial score (nSPS) is 22.9. The molecule has 234 valence electrons. The summed E-state index contributed by atoms with van der Waals surface area (Å²) in [6, 6.07) is 8.57. The Kier molecular flexibility index (Phi) is 6.96. The molecule has 1 fully saturated rings. The first-order valence-electron chi connectivity index (χ1n) is 15.6. The summed E-state index contributed by atoms with van der Waals surface area (Å²) in [7, 11) is 1.64. The van der Waals surface area contributed by atoms with Crippen LogP contribution in [0.3, 0.4) is 0 Å². The van der Waals surface area contributed by atoms with Crippen molar-refractivity contribution in [2.45, 2.75) is 77.1 Å². The van der Waals surface area contributed by atoms with Crippen molar-refractivity contribution >= 4 is 28.7 Å². The molecule has 1 saturated carbocycles. The highest BCUT2D eigenvalue weighted by molar-refractivity contribution is 7.16. The van der Waals surface area contributed by atoms with Crippen LogP contribution in [0.5, 0.6) is 5.19 Å². The molecule has 0 radical (unpaired) electrons. The number of methoxy groups -OCH3 is 1. The van der Waals surface area contributed by atoms with Gasteiger partial charge in [-0.1, -0.05) is 54.7 Å². The van der Waals surface area contributed by atoms with E-state index in [-0.39, 0.29) is 6.09 Å². The van der Waals surface area contributed by atoms with E-state index < -0.39 is 16.8 Å². The number of amides is 1. The SMILES string of the molecule is COc1ncc(-c2nc3n(c2-c2ccc(C4(NC(=O)OC(C)(C)C)CCC4)cc2)C2=CC=CNC2(C)NC2=C3C=CC(C)C2)s1. The number of imidazole rings is 1. The van der Waals surface area contributed by atoms with Crippen molar-refractivity contribution in [3.05, 3.63) is 78.1 Å². The average molecular weight is 625 g/mol. The molecular weight excluding hydrogens is 584 g/mol. The number of allylic oxidation sites excluding steroid dienone is 6. The van der Waals surface area contributed by atoms with Gasteiger partial charge in [-0.2, -0.15) is 0 Å². The second-order valence-electron chi connectivity index (χ2n) is 13.5. The summed E-state index contributed by atoms with van der Waals surface area (Å²) in [5, 5.41) is 11.2. The molecule has 2 aliphatic carbocycles. The summed E-state index contributed by atoms with van der Waals surface area (Å²) in [5.74, 6) is 1.30. The first kappa shape index (κ1) is 29.4. The number of benzene rings is 1. The molecule has 2 aliphatic heterocycles. The van der Waals surface area contributed by atoms with Gasteiger partial charge in [0.25, 0.3) is 5.19 Å². The van der Waals surface area contributed by atoms with Crippen molar-refractivity contribution in [1.82, 2.24) is 30.5 Å². The minimum absolute atomic E-state index is 0.385. The molecule has 0 saturated heterocycles. The predicted molar refractivity (Wildman–Crippen MR) is 178 cm³/mol. The summed E-state index contributed by atoms with van der Waals surface area (Å²) in [5.41, 5.74) is 5.66. The van der Waals surface area contributed by atoms with E-state index in [9.17, 15) is 4.79 Å². The first-order chi connectivity index (χ1) is 21.5. The number of dihydropyridines is 1. The van der Waals surface area contributed by atoms with Crippen molar-refractivity contribution in [3.8, 4) is 27.0 Å². The minimum atomic E-state index is -0.559. The summed E-state index contributed by atoms with van der Waals surface area (Å²) in [6.45, 7) is 10.1. The van der Waals surface area contributed by atoms with Crippen molar-refractivity contribution in [1.29, 1.82) is 0 Å². The van der Waals surface area contributed by atoms with Crippen LogP contribution in [0.15, 0.2) is 66.7 Å². The number of thiazole rings is 1. The smallest absolute Gasteiger partial charge is 0.408 e. The fraction of sp³-hybridized carbons (Fsp3) is 0.400. The number of ether oxygens (including phenoxy) is 2. The Balaban J connectivity index is 1.39. The Bertz CT molecular complexity index is 1780.